The molecular formula is C26H24BrN5O2. The number of aromatic amines is 1. The van der Waals surface area contributed by atoms with Crippen molar-refractivity contribution in [2.45, 2.75) is 25.2 Å². The summed E-state index contributed by atoms with van der Waals surface area (Å²) in [5, 5.41) is 12.4. The number of carbonyl (C=O) groups is 1. The van der Waals surface area contributed by atoms with Crippen LogP contribution in [0.15, 0.2) is 63.9 Å². The van der Waals surface area contributed by atoms with E-state index in [1.807, 2.05) is 30.3 Å². The Hall–Kier alpha value is -3.44. The number of halogens is 1. The monoisotopic (exact) mass is 517 g/mol. The van der Waals surface area contributed by atoms with Gasteiger partial charge in [-0.05, 0) is 48.4 Å². The highest BCUT2D eigenvalue weighted by Gasteiger charge is 2.40. The fraction of sp³-hybridized carbons (Fsp3) is 0.308. The summed E-state index contributed by atoms with van der Waals surface area (Å²) in [5.41, 5.74) is 2.07. The van der Waals surface area contributed by atoms with Crippen LogP contribution in [0.3, 0.4) is 0 Å². The van der Waals surface area contributed by atoms with Crippen LogP contribution in [0.4, 0.5) is 11.8 Å². The lowest BCUT2D eigenvalue weighted by atomic mass is 9.79. The maximum atomic E-state index is 13.3. The Morgan fingerprint density at radius 3 is 2.56 bits per heavy atom. The first kappa shape index (κ1) is 22.4. The Bertz CT molecular complexity index is 1310. The lowest BCUT2D eigenvalue weighted by Crippen LogP contribution is -2.41. The molecule has 0 saturated carbocycles. The number of carbonyl (C=O) groups excluding carboxylic acids is 1. The lowest BCUT2D eigenvalue weighted by Gasteiger charge is -2.34. The zero-order valence-electron chi connectivity index (χ0n) is 18.5. The highest BCUT2D eigenvalue weighted by Crippen LogP contribution is 2.39. The van der Waals surface area contributed by atoms with Crippen molar-refractivity contribution < 1.29 is 4.79 Å². The van der Waals surface area contributed by atoms with Gasteiger partial charge in [0.25, 0.3) is 5.56 Å². The highest BCUT2D eigenvalue weighted by molar-refractivity contribution is 9.10. The number of nitrogens with zero attached hydrogens (tertiary/aromatic N) is 3. The SMILES string of the molecule is N#CC1C(=O)Nc2nc(N3CCC(Cc4ccccc4)CC3)[nH]c(=O)c2C1c1cccc(Br)c1. The number of anilines is 2. The topological polar surface area (TPSA) is 102 Å². The van der Waals surface area contributed by atoms with Gasteiger partial charge in [-0.1, -0.05) is 58.4 Å². The predicted molar refractivity (Wildman–Crippen MR) is 134 cm³/mol. The standard InChI is InChI=1S/C26H24BrN5O2/c27-19-8-4-7-18(14-19)21-20(15-28)24(33)29-23-22(21)25(34)31-26(30-23)32-11-9-17(10-12-32)13-16-5-2-1-3-6-16/h1-8,14,17,20-21H,9-13H2,(H2,29,30,31,33,34). The zero-order chi connectivity index (χ0) is 23.7. The van der Waals surface area contributed by atoms with Crippen LogP contribution in [0.25, 0.3) is 0 Å². The minimum atomic E-state index is -1.01. The summed E-state index contributed by atoms with van der Waals surface area (Å²) < 4.78 is 0.814. The van der Waals surface area contributed by atoms with Gasteiger partial charge in [-0.15, -0.1) is 0 Å². The van der Waals surface area contributed by atoms with Crippen LogP contribution < -0.4 is 15.8 Å². The molecular weight excluding hydrogens is 494 g/mol. The molecule has 1 saturated heterocycles. The van der Waals surface area contributed by atoms with Crippen molar-refractivity contribution in [2.75, 3.05) is 23.3 Å². The molecule has 0 spiro atoms. The maximum Gasteiger partial charge on any atom is 0.258 e. The molecule has 2 aromatic carbocycles. The molecule has 2 aliphatic heterocycles. The third-order valence-corrected chi connectivity index (χ3v) is 7.23. The summed E-state index contributed by atoms with van der Waals surface area (Å²) >= 11 is 3.44. The molecule has 172 valence electrons. The predicted octanol–water partition coefficient (Wildman–Crippen LogP) is 4.22. The molecule has 0 aliphatic carbocycles. The van der Waals surface area contributed by atoms with Gasteiger partial charge in [0.2, 0.25) is 11.9 Å². The number of rotatable bonds is 4. The molecule has 5 rings (SSSR count). The van der Waals surface area contributed by atoms with Crippen molar-refractivity contribution in [3.8, 4) is 6.07 Å². The number of amides is 1. The van der Waals surface area contributed by atoms with Gasteiger partial charge < -0.3 is 10.2 Å². The Morgan fingerprint density at radius 2 is 1.85 bits per heavy atom. The van der Waals surface area contributed by atoms with E-state index in [1.54, 1.807) is 0 Å². The molecule has 8 heteroatoms. The normalized spacial score (nSPS) is 20.4. The van der Waals surface area contributed by atoms with Crippen LogP contribution in [-0.2, 0) is 11.2 Å². The van der Waals surface area contributed by atoms with Crippen molar-refractivity contribution >= 4 is 33.6 Å². The number of nitrogens with one attached hydrogen (secondary N) is 2. The number of H-pyrrole nitrogens is 1. The van der Waals surface area contributed by atoms with Crippen LogP contribution in [0.1, 0.15) is 35.4 Å². The van der Waals surface area contributed by atoms with Crippen LogP contribution in [-0.4, -0.2) is 29.0 Å². The van der Waals surface area contributed by atoms with Gasteiger partial charge in [0.1, 0.15) is 11.7 Å². The largest absolute Gasteiger partial charge is 0.342 e. The average molecular weight is 518 g/mol. The minimum Gasteiger partial charge on any atom is -0.342 e. The zero-order valence-corrected chi connectivity index (χ0v) is 20.1. The van der Waals surface area contributed by atoms with Gasteiger partial charge in [0, 0.05) is 23.5 Å². The number of nitriles is 1. The molecule has 0 bridgehead atoms. The first-order valence-electron chi connectivity index (χ1n) is 11.4. The number of hydrogen-bond acceptors (Lipinski definition) is 5. The second kappa shape index (κ2) is 9.43. The molecule has 1 fully saturated rings. The van der Waals surface area contributed by atoms with E-state index in [4.69, 9.17) is 0 Å². The molecule has 1 amide bonds. The van der Waals surface area contributed by atoms with Gasteiger partial charge in [0.15, 0.2) is 0 Å². The molecule has 2 atom stereocenters. The number of piperidine rings is 1. The molecule has 34 heavy (non-hydrogen) atoms. The smallest absolute Gasteiger partial charge is 0.258 e. The second-order valence-corrected chi connectivity index (χ2v) is 9.82. The van der Waals surface area contributed by atoms with Crippen molar-refractivity contribution in [3.63, 3.8) is 0 Å². The highest BCUT2D eigenvalue weighted by atomic mass is 79.9. The van der Waals surface area contributed by atoms with Crippen molar-refractivity contribution in [2.24, 2.45) is 11.8 Å². The Balaban J connectivity index is 1.41. The van der Waals surface area contributed by atoms with Gasteiger partial charge in [-0.25, -0.2) is 0 Å². The Labute approximate surface area is 206 Å². The van der Waals surface area contributed by atoms with E-state index in [9.17, 15) is 14.9 Å². The van der Waals surface area contributed by atoms with Gasteiger partial charge in [-0.2, -0.15) is 10.2 Å². The van der Waals surface area contributed by atoms with E-state index < -0.39 is 17.7 Å². The molecule has 0 radical (unpaired) electrons. The van der Waals surface area contributed by atoms with Crippen LogP contribution in [0, 0.1) is 23.2 Å². The molecule has 3 aromatic rings. The molecule has 7 nitrogen and oxygen atoms in total. The van der Waals surface area contributed by atoms with Crippen LogP contribution >= 0.6 is 15.9 Å². The summed E-state index contributed by atoms with van der Waals surface area (Å²) in [6.07, 6.45) is 3.04. The van der Waals surface area contributed by atoms with E-state index in [1.165, 1.54) is 5.56 Å². The quantitative estimate of drug-likeness (QED) is 0.539. The summed E-state index contributed by atoms with van der Waals surface area (Å²) in [7, 11) is 0. The number of benzene rings is 2. The van der Waals surface area contributed by atoms with E-state index in [-0.39, 0.29) is 11.4 Å². The third-order valence-electron chi connectivity index (χ3n) is 6.74. The van der Waals surface area contributed by atoms with E-state index in [0.717, 1.165) is 42.4 Å². The fourth-order valence-corrected chi connectivity index (χ4v) is 5.42. The van der Waals surface area contributed by atoms with Crippen LogP contribution in [0.2, 0.25) is 0 Å². The summed E-state index contributed by atoms with van der Waals surface area (Å²) in [6.45, 7) is 1.56. The summed E-state index contributed by atoms with van der Waals surface area (Å²) in [6, 6.07) is 19.9. The second-order valence-electron chi connectivity index (χ2n) is 8.90. The van der Waals surface area contributed by atoms with E-state index in [0.29, 0.717) is 17.4 Å². The van der Waals surface area contributed by atoms with E-state index in [2.05, 4.69) is 66.4 Å². The first-order valence-corrected chi connectivity index (χ1v) is 12.2. The number of hydrogen-bond donors (Lipinski definition) is 2. The maximum absolute atomic E-state index is 13.3. The molecule has 3 heterocycles. The molecule has 1 aromatic heterocycles. The number of aromatic nitrogens is 2. The van der Waals surface area contributed by atoms with Crippen molar-refractivity contribution in [3.05, 3.63) is 86.1 Å². The third kappa shape index (κ3) is 4.36. The van der Waals surface area contributed by atoms with Crippen molar-refractivity contribution in [1.82, 2.24) is 9.97 Å². The Morgan fingerprint density at radius 1 is 1.09 bits per heavy atom. The minimum absolute atomic E-state index is 0.242. The van der Waals surface area contributed by atoms with Gasteiger partial charge in [0.05, 0.1) is 11.6 Å². The van der Waals surface area contributed by atoms with Gasteiger partial charge >= 0.3 is 0 Å². The fourth-order valence-electron chi connectivity index (χ4n) is 5.01. The Kier molecular flexibility index (Phi) is 6.20. The molecule has 2 N–H and O–H groups in total. The average Bonchev–Trinajstić information content (AvgIpc) is 2.84. The van der Waals surface area contributed by atoms with Gasteiger partial charge in [-0.3, -0.25) is 14.6 Å². The number of fused-ring (bicyclic) bond motifs is 1. The lowest BCUT2D eigenvalue weighted by molar-refractivity contribution is -0.119. The van der Waals surface area contributed by atoms with E-state index >= 15 is 0 Å². The molecule has 2 unspecified atom stereocenters. The summed E-state index contributed by atoms with van der Waals surface area (Å²) in [4.78, 5) is 35.7. The van der Waals surface area contributed by atoms with Crippen molar-refractivity contribution in [1.29, 1.82) is 5.26 Å². The molecule has 2 aliphatic rings. The summed E-state index contributed by atoms with van der Waals surface area (Å²) in [5.74, 6) is -0.847. The first-order chi connectivity index (χ1) is 16.5. The van der Waals surface area contributed by atoms with Crippen LogP contribution in [0.5, 0.6) is 0 Å².